The van der Waals surface area contributed by atoms with Gasteiger partial charge in [0.2, 0.25) is 17.2 Å². The van der Waals surface area contributed by atoms with Crippen LogP contribution in [0.3, 0.4) is 0 Å². The molecule has 1 aromatic heterocycles. The fraction of sp³-hybridized carbons (Fsp3) is 0.524. The highest BCUT2D eigenvalue weighted by molar-refractivity contribution is 5.92. The van der Waals surface area contributed by atoms with Gasteiger partial charge in [0.1, 0.15) is 11.6 Å². The van der Waals surface area contributed by atoms with Crippen molar-refractivity contribution in [2.45, 2.75) is 34.6 Å². The van der Waals surface area contributed by atoms with Crippen molar-refractivity contribution in [3.05, 3.63) is 29.7 Å². The molecule has 1 heterocycles. The fourth-order valence-corrected chi connectivity index (χ4v) is 3.64. The molecule has 0 unspecified atom stereocenters. The van der Waals surface area contributed by atoms with Crippen molar-refractivity contribution < 1.29 is 27.9 Å². The summed E-state index contributed by atoms with van der Waals surface area (Å²) in [6.45, 7) is 10.9. The van der Waals surface area contributed by atoms with Crippen LogP contribution in [0.15, 0.2) is 22.7 Å². The third-order valence-electron chi connectivity index (χ3n) is 6.25. The summed E-state index contributed by atoms with van der Waals surface area (Å²) in [5, 5.41) is 3.80. The number of ether oxygens (including phenoxy) is 3. The molecular weight excluding hydrogens is 365 g/mol. The summed E-state index contributed by atoms with van der Waals surface area (Å²) in [6, 6.07) is 4.23. The number of benzene rings is 1. The molecule has 3 rings (SSSR count). The van der Waals surface area contributed by atoms with Crippen molar-refractivity contribution in [1.29, 1.82) is 0 Å². The van der Waals surface area contributed by atoms with E-state index in [2.05, 4.69) is 32.9 Å². The van der Waals surface area contributed by atoms with E-state index >= 15 is 0 Å². The van der Waals surface area contributed by atoms with Crippen LogP contribution < -0.4 is 9.47 Å². The van der Waals surface area contributed by atoms with Crippen LogP contribution in [0.1, 0.15) is 45.1 Å². The molecule has 0 bridgehead atoms. The van der Waals surface area contributed by atoms with Gasteiger partial charge in [-0.05, 0) is 36.0 Å². The van der Waals surface area contributed by atoms with Gasteiger partial charge in [-0.2, -0.15) is 0 Å². The van der Waals surface area contributed by atoms with Gasteiger partial charge >= 0.3 is 5.97 Å². The van der Waals surface area contributed by atoms with Crippen LogP contribution >= 0.6 is 0 Å². The highest BCUT2D eigenvalue weighted by Crippen LogP contribution is 2.68. The average molecular weight is 391 g/mol. The van der Waals surface area contributed by atoms with E-state index in [9.17, 15) is 9.18 Å². The average Bonchev–Trinajstić information content (AvgIpc) is 2.94. The Morgan fingerprint density at radius 1 is 1.25 bits per heavy atom. The quantitative estimate of drug-likeness (QED) is 0.636. The molecule has 0 atom stereocenters. The molecule has 1 saturated carbocycles. The molecule has 2 aromatic rings. The Morgan fingerprint density at radius 3 is 2.50 bits per heavy atom. The lowest BCUT2D eigenvalue weighted by Crippen LogP contribution is -2.11. The number of esters is 1. The Morgan fingerprint density at radius 2 is 1.93 bits per heavy atom. The van der Waals surface area contributed by atoms with Gasteiger partial charge in [0.15, 0.2) is 0 Å². The summed E-state index contributed by atoms with van der Waals surface area (Å²) in [5.41, 5.74) is 0.188. The topological polar surface area (TPSA) is 70.8 Å². The minimum absolute atomic E-state index is 0.0377. The van der Waals surface area contributed by atoms with E-state index in [0.29, 0.717) is 12.4 Å². The third kappa shape index (κ3) is 3.23. The normalized spacial score (nSPS) is 17.2. The molecule has 1 aliphatic carbocycles. The number of hydrogen-bond donors (Lipinski definition) is 0. The Hall–Kier alpha value is -2.57. The summed E-state index contributed by atoms with van der Waals surface area (Å²) in [4.78, 5) is 12.3. The Kier molecular flexibility index (Phi) is 5.12. The highest BCUT2D eigenvalue weighted by atomic mass is 19.1. The van der Waals surface area contributed by atoms with Gasteiger partial charge in [-0.25, -0.2) is 9.18 Å². The van der Waals surface area contributed by atoms with Gasteiger partial charge < -0.3 is 18.7 Å². The monoisotopic (exact) mass is 391 g/mol. The van der Waals surface area contributed by atoms with E-state index in [1.807, 2.05) is 0 Å². The third-order valence-corrected chi connectivity index (χ3v) is 6.25. The number of carbonyl (C=O) groups excluding carboxylic acids is 1. The number of carbonyl (C=O) groups is 1. The first-order valence-electron chi connectivity index (χ1n) is 9.28. The number of aromatic nitrogens is 1. The van der Waals surface area contributed by atoms with Gasteiger partial charge in [-0.3, -0.25) is 0 Å². The van der Waals surface area contributed by atoms with Crippen LogP contribution in [-0.4, -0.2) is 31.4 Å². The van der Waals surface area contributed by atoms with Crippen molar-refractivity contribution >= 4 is 5.97 Å². The van der Waals surface area contributed by atoms with E-state index in [4.69, 9.17) is 18.7 Å². The fourth-order valence-electron chi connectivity index (χ4n) is 3.64. The molecule has 7 heteroatoms. The first kappa shape index (κ1) is 20.2. The maximum absolute atomic E-state index is 14.5. The van der Waals surface area contributed by atoms with Gasteiger partial charge in [0.05, 0.1) is 25.9 Å². The lowest BCUT2D eigenvalue weighted by Gasteiger charge is -2.10. The molecule has 1 aromatic carbocycles. The highest BCUT2D eigenvalue weighted by Gasteiger charge is 2.64. The maximum Gasteiger partial charge on any atom is 0.364 e. The van der Waals surface area contributed by atoms with Gasteiger partial charge in [0, 0.05) is 5.92 Å². The van der Waals surface area contributed by atoms with Crippen molar-refractivity contribution in [3.63, 3.8) is 0 Å². The van der Waals surface area contributed by atoms with Crippen molar-refractivity contribution in [2.24, 2.45) is 16.7 Å². The SMILES string of the molecule is CCOC(=O)c1noc(-c2cc(OC)ccc2F)c1OCC1C(C)(C)C1(C)C. The summed E-state index contributed by atoms with van der Waals surface area (Å²) >= 11 is 0. The zero-order valence-corrected chi connectivity index (χ0v) is 17.1. The van der Waals surface area contributed by atoms with E-state index in [1.54, 1.807) is 6.92 Å². The van der Waals surface area contributed by atoms with Crippen molar-refractivity contribution in [1.82, 2.24) is 5.16 Å². The Labute approximate surface area is 163 Å². The second-order valence-corrected chi connectivity index (χ2v) is 8.06. The molecule has 1 aliphatic rings. The molecule has 0 spiro atoms. The molecule has 6 nitrogen and oxygen atoms in total. The van der Waals surface area contributed by atoms with Crippen LogP contribution in [0, 0.1) is 22.6 Å². The summed E-state index contributed by atoms with van der Waals surface area (Å²) in [5.74, 6) is -0.372. The number of rotatable bonds is 7. The van der Waals surface area contributed by atoms with E-state index in [0.717, 1.165) is 0 Å². The smallest absolute Gasteiger partial charge is 0.364 e. The second-order valence-electron chi connectivity index (χ2n) is 8.06. The largest absolute Gasteiger partial charge is 0.497 e. The maximum atomic E-state index is 14.5. The summed E-state index contributed by atoms with van der Waals surface area (Å²) in [7, 11) is 1.48. The zero-order valence-electron chi connectivity index (χ0n) is 17.1. The molecule has 0 amide bonds. The molecule has 0 aliphatic heterocycles. The van der Waals surface area contributed by atoms with Crippen LogP contribution in [-0.2, 0) is 4.74 Å². The molecule has 0 radical (unpaired) electrons. The van der Waals surface area contributed by atoms with Gasteiger partial charge in [-0.1, -0.05) is 32.9 Å². The molecule has 0 N–H and O–H groups in total. The van der Waals surface area contributed by atoms with E-state index in [1.165, 1.54) is 25.3 Å². The lowest BCUT2D eigenvalue weighted by molar-refractivity contribution is 0.0510. The number of halogens is 1. The second kappa shape index (κ2) is 7.11. The van der Waals surface area contributed by atoms with Crippen LogP contribution in [0.5, 0.6) is 11.5 Å². The summed E-state index contributed by atoms with van der Waals surface area (Å²) in [6.07, 6.45) is 0. The predicted octanol–water partition coefficient (Wildman–Crippen LogP) is 4.73. The van der Waals surface area contributed by atoms with Gasteiger partial charge in [-0.15, -0.1) is 0 Å². The number of methoxy groups -OCH3 is 1. The molecule has 1 fully saturated rings. The van der Waals surface area contributed by atoms with E-state index in [-0.39, 0.29) is 46.1 Å². The number of hydrogen-bond acceptors (Lipinski definition) is 6. The Balaban J connectivity index is 1.98. The molecule has 28 heavy (non-hydrogen) atoms. The van der Waals surface area contributed by atoms with Crippen molar-refractivity contribution in [3.8, 4) is 22.8 Å². The minimum Gasteiger partial charge on any atom is -0.497 e. The minimum atomic E-state index is -0.676. The molecular formula is C21H26FNO5. The number of nitrogens with zero attached hydrogens (tertiary/aromatic N) is 1. The molecule has 152 valence electrons. The van der Waals surface area contributed by atoms with Crippen LogP contribution in [0.2, 0.25) is 0 Å². The lowest BCUT2D eigenvalue weighted by atomic mass is 10.0. The molecule has 0 saturated heterocycles. The van der Waals surface area contributed by atoms with E-state index < -0.39 is 11.8 Å². The first-order valence-corrected chi connectivity index (χ1v) is 9.28. The first-order chi connectivity index (χ1) is 13.1. The Bertz CT molecular complexity index is 873. The van der Waals surface area contributed by atoms with Crippen LogP contribution in [0.25, 0.3) is 11.3 Å². The predicted molar refractivity (Wildman–Crippen MR) is 101 cm³/mol. The summed E-state index contributed by atoms with van der Waals surface area (Å²) < 4.78 is 36.0. The van der Waals surface area contributed by atoms with Crippen LogP contribution in [0.4, 0.5) is 4.39 Å². The standard InChI is InChI=1S/C21H26FNO5/c1-7-26-19(24)16-18(27-11-15-20(2,3)21(15,4)5)17(28-23-16)13-10-12(25-6)8-9-14(13)22/h8-10,15H,7,11H2,1-6H3. The zero-order chi connectivity index (χ0) is 20.7. The van der Waals surface area contributed by atoms with Gasteiger partial charge in [0.25, 0.3) is 0 Å². The van der Waals surface area contributed by atoms with Crippen molar-refractivity contribution in [2.75, 3.05) is 20.3 Å².